The SMILES string of the molecule is CCCCC(CC)C[O][Mn+].[Cl-]. The Kier molecular flexibility index (Phi) is 14.0. The molecule has 0 aromatic carbocycles. The maximum Gasteiger partial charge on any atom is -1.00 e. The summed E-state index contributed by atoms with van der Waals surface area (Å²) in [5.41, 5.74) is 0. The second kappa shape index (κ2) is 10.8. The molecule has 1 unspecified atom stereocenters. The largest absolute Gasteiger partial charge is 1.00 e. The maximum absolute atomic E-state index is 4.90. The molecule has 0 aliphatic heterocycles. The van der Waals surface area contributed by atoms with E-state index in [-0.39, 0.29) is 12.4 Å². The van der Waals surface area contributed by atoms with Crippen LogP contribution in [0.4, 0.5) is 0 Å². The Balaban J connectivity index is 0. The maximum atomic E-state index is 4.90. The summed E-state index contributed by atoms with van der Waals surface area (Å²) >= 11 is 2.98. The van der Waals surface area contributed by atoms with Crippen LogP contribution in [0.5, 0.6) is 0 Å². The summed E-state index contributed by atoms with van der Waals surface area (Å²) in [4.78, 5) is 0. The van der Waals surface area contributed by atoms with Crippen molar-refractivity contribution in [2.75, 3.05) is 6.61 Å². The molecule has 0 spiro atoms. The van der Waals surface area contributed by atoms with Crippen molar-refractivity contribution in [1.82, 2.24) is 0 Å². The van der Waals surface area contributed by atoms with Gasteiger partial charge in [0, 0.05) is 0 Å². The van der Waals surface area contributed by atoms with E-state index in [1.807, 2.05) is 0 Å². The van der Waals surface area contributed by atoms with Gasteiger partial charge in [0.15, 0.2) is 0 Å². The molecule has 69 valence electrons. The Morgan fingerprint density at radius 3 is 2.36 bits per heavy atom. The minimum atomic E-state index is 0. The van der Waals surface area contributed by atoms with Crippen molar-refractivity contribution in [2.45, 2.75) is 39.5 Å². The predicted molar refractivity (Wildman–Crippen MR) is 39.3 cm³/mol. The Hall–Kier alpha value is 0.769. The van der Waals surface area contributed by atoms with Crippen LogP contribution >= 0.6 is 0 Å². The molecule has 0 N–H and O–H groups in total. The Labute approximate surface area is 84.8 Å². The summed E-state index contributed by atoms with van der Waals surface area (Å²) in [6, 6.07) is 0. The van der Waals surface area contributed by atoms with Gasteiger partial charge in [-0.05, 0) is 0 Å². The van der Waals surface area contributed by atoms with Crippen molar-refractivity contribution in [3.8, 4) is 0 Å². The molecule has 0 saturated carbocycles. The van der Waals surface area contributed by atoms with E-state index in [4.69, 9.17) is 3.82 Å². The van der Waals surface area contributed by atoms with Crippen LogP contribution in [0.3, 0.4) is 0 Å². The van der Waals surface area contributed by atoms with E-state index in [1.54, 1.807) is 0 Å². The van der Waals surface area contributed by atoms with Gasteiger partial charge in [0.05, 0.1) is 0 Å². The standard InChI is InChI=1S/C8H17O.ClH.Mn/c1-3-5-6-8(4-2)7-9;;/h8H,3-7H2,1-2H3;1H;/q-1;;+2/p-1. The Morgan fingerprint density at radius 1 is 1.36 bits per heavy atom. The van der Waals surface area contributed by atoms with Crippen LogP contribution in [0, 0.1) is 5.92 Å². The summed E-state index contributed by atoms with van der Waals surface area (Å²) in [5, 5.41) is 0. The van der Waals surface area contributed by atoms with Crippen molar-refractivity contribution in [3.05, 3.63) is 0 Å². The molecule has 0 aromatic heterocycles. The molecule has 0 bridgehead atoms. The van der Waals surface area contributed by atoms with Gasteiger partial charge in [0.25, 0.3) is 0 Å². The molecular formula is C8H17ClMnO. The molecule has 3 heteroatoms. The van der Waals surface area contributed by atoms with E-state index in [9.17, 15) is 0 Å². The molecule has 11 heavy (non-hydrogen) atoms. The molecular weight excluding hydrogens is 202 g/mol. The fourth-order valence-electron chi connectivity index (χ4n) is 0.987. The van der Waals surface area contributed by atoms with Gasteiger partial charge in [-0.1, -0.05) is 0 Å². The van der Waals surface area contributed by atoms with E-state index >= 15 is 0 Å². The molecule has 0 heterocycles. The van der Waals surface area contributed by atoms with Crippen LogP contribution in [-0.4, -0.2) is 6.61 Å². The van der Waals surface area contributed by atoms with Crippen LogP contribution < -0.4 is 12.4 Å². The number of halogens is 1. The summed E-state index contributed by atoms with van der Waals surface area (Å²) in [5.74, 6) is 0.749. The number of hydrogen-bond acceptors (Lipinski definition) is 1. The number of unbranched alkanes of at least 4 members (excludes halogenated alkanes) is 1. The first-order valence-electron chi connectivity index (χ1n) is 4.08. The van der Waals surface area contributed by atoms with E-state index in [1.165, 1.54) is 25.7 Å². The van der Waals surface area contributed by atoms with Crippen molar-refractivity contribution >= 4 is 0 Å². The van der Waals surface area contributed by atoms with Gasteiger partial charge in [-0.2, -0.15) is 0 Å². The summed E-state index contributed by atoms with van der Waals surface area (Å²) in [7, 11) is 0. The molecule has 0 radical (unpaired) electrons. The van der Waals surface area contributed by atoms with Gasteiger partial charge in [0.2, 0.25) is 0 Å². The topological polar surface area (TPSA) is 9.23 Å². The van der Waals surface area contributed by atoms with E-state index < -0.39 is 0 Å². The minimum absolute atomic E-state index is 0. The third kappa shape index (κ3) is 8.68. The van der Waals surface area contributed by atoms with Gasteiger partial charge >= 0.3 is 72.2 Å². The van der Waals surface area contributed by atoms with Crippen LogP contribution in [0.25, 0.3) is 0 Å². The fourth-order valence-corrected chi connectivity index (χ4v) is 1.27. The first-order chi connectivity index (χ1) is 4.85. The van der Waals surface area contributed by atoms with E-state index in [0.717, 1.165) is 12.5 Å². The molecule has 0 rings (SSSR count). The first kappa shape index (κ1) is 14.3. The molecule has 0 amide bonds. The second-order valence-electron chi connectivity index (χ2n) is 2.69. The van der Waals surface area contributed by atoms with Crippen molar-refractivity contribution in [1.29, 1.82) is 0 Å². The van der Waals surface area contributed by atoms with Gasteiger partial charge in [-0.15, -0.1) is 0 Å². The molecule has 1 nitrogen and oxygen atoms in total. The molecule has 0 fully saturated rings. The number of rotatable bonds is 6. The zero-order chi connectivity index (χ0) is 7.82. The zero-order valence-corrected chi connectivity index (χ0v) is 9.21. The quantitative estimate of drug-likeness (QED) is 0.557. The van der Waals surface area contributed by atoms with Gasteiger partial charge in [0.1, 0.15) is 0 Å². The van der Waals surface area contributed by atoms with Crippen molar-refractivity contribution in [2.24, 2.45) is 5.92 Å². The van der Waals surface area contributed by atoms with Gasteiger partial charge < -0.3 is 12.4 Å². The summed E-state index contributed by atoms with van der Waals surface area (Å²) in [6.07, 6.45) is 5.15. The van der Waals surface area contributed by atoms with E-state index in [2.05, 4.69) is 30.2 Å². The summed E-state index contributed by atoms with van der Waals surface area (Å²) in [6.45, 7) is 5.30. The van der Waals surface area contributed by atoms with E-state index in [0.29, 0.717) is 0 Å². The number of hydrogen-bond donors (Lipinski definition) is 0. The Bertz CT molecular complexity index is 71.1. The van der Waals surface area contributed by atoms with Gasteiger partial charge in [-0.3, -0.25) is 0 Å². The monoisotopic (exact) mass is 219 g/mol. The average Bonchev–Trinajstić information content (AvgIpc) is 1.98. The predicted octanol–water partition coefficient (Wildman–Crippen LogP) is -0.315. The van der Waals surface area contributed by atoms with Crippen molar-refractivity contribution in [3.63, 3.8) is 0 Å². The van der Waals surface area contributed by atoms with Crippen LogP contribution in [0.2, 0.25) is 0 Å². The molecule has 1 atom stereocenters. The minimum Gasteiger partial charge on any atom is -1.00 e. The molecule has 0 saturated heterocycles. The Morgan fingerprint density at radius 2 is 2.00 bits per heavy atom. The van der Waals surface area contributed by atoms with Crippen LogP contribution in [-0.2, 0) is 20.2 Å². The van der Waals surface area contributed by atoms with Crippen LogP contribution in [0.1, 0.15) is 39.5 Å². The normalized spacial score (nSPS) is 12.2. The fraction of sp³-hybridized carbons (Fsp3) is 1.00. The molecule has 0 aliphatic rings. The average molecular weight is 220 g/mol. The zero-order valence-electron chi connectivity index (χ0n) is 7.28. The second-order valence-corrected chi connectivity index (χ2v) is 3.03. The summed E-state index contributed by atoms with van der Waals surface area (Å²) < 4.78 is 4.90. The van der Waals surface area contributed by atoms with Gasteiger partial charge in [-0.25, -0.2) is 0 Å². The van der Waals surface area contributed by atoms with Crippen LogP contribution in [0.15, 0.2) is 0 Å². The third-order valence-corrected chi connectivity index (χ3v) is 2.04. The van der Waals surface area contributed by atoms with Crippen molar-refractivity contribution < 1.29 is 32.6 Å². The smallest absolute Gasteiger partial charge is 1.00 e. The first-order valence-corrected chi connectivity index (χ1v) is 4.56. The molecule has 0 aliphatic carbocycles. The molecule has 0 aromatic rings. The third-order valence-electron chi connectivity index (χ3n) is 1.84.